The van der Waals surface area contributed by atoms with Gasteiger partial charge in [0, 0.05) is 30.6 Å². The highest BCUT2D eigenvalue weighted by atomic mass is 16.3. The van der Waals surface area contributed by atoms with Crippen molar-refractivity contribution in [2.24, 2.45) is 5.41 Å². The maximum absolute atomic E-state index is 12.7. The van der Waals surface area contributed by atoms with Crippen LogP contribution in [0.2, 0.25) is 0 Å². The van der Waals surface area contributed by atoms with Crippen LogP contribution in [-0.4, -0.2) is 37.0 Å². The summed E-state index contributed by atoms with van der Waals surface area (Å²) < 4.78 is 5.75. The molecular weight excluding hydrogens is 300 g/mol. The zero-order valence-electron chi connectivity index (χ0n) is 14.7. The molecule has 0 aliphatic carbocycles. The molecule has 2 aliphatic rings. The van der Waals surface area contributed by atoms with Gasteiger partial charge in [-0.2, -0.15) is 0 Å². The summed E-state index contributed by atoms with van der Waals surface area (Å²) in [6, 6.07) is 4.19. The molecule has 2 aliphatic heterocycles. The van der Waals surface area contributed by atoms with Crippen molar-refractivity contribution in [1.82, 2.24) is 10.2 Å². The lowest BCUT2D eigenvalue weighted by molar-refractivity contribution is -0.132. The monoisotopic (exact) mass is 326 g/mol. The molecule has 1 amide bonds. The first-order chi connectivity index (χ1) is 11.6. The SMILES string of the molecule is Cc1ccc2c(CC(=O)N3CCC4(CCNC4)CC3)coc2c1C. The van der Waals surface area contributed by atoms with Crippen LogP contribution in [0.3, 0.4) is 0 Å². The van der Waals surface area contributed by atoms with Crippen LogP contribution in [-0.2, 0) is 11.2 Å². The van der Waals surface area contributed by atoms with Gasteiger partial charge in [0.05, 0.1) is 12.7 Å². The van der Waals surface area contributed by atoms with Crippen LogP contribution in [0.5, 0.6) is 0 Å². The molecule has 1 N–H and O–H groups in total. The first kappa shape index (κ1) is 15.7. The van der Waals surface area contributed by atoms with Gasteiger partial charge in [-0.3, -0.25) is 4.79 Å². The molecular formula is C20H26N2O2. The van der Waals surface area contributed by atoms with Crippen molar-refractivity contribution in [3.63, 3.8) is 0 Å². The number of amides is 1. The molecule has 1 aromatic heterocycles. The average Bonchev–Trinajstić information content (AvgIpc) is 3.20. The molecule has 0 unspecified atom stereocenters. The van der Waals surface area contributed by atoms with Crippen LogP contribution in [0, 0.1) is 19.3 Å². The molecule has 0 radical (unpaired) electrons. The first-order valence-corrected chi connectivity index (χ1v) is 9.03. The van der Waals surface area contributed by atoms with Gasteiger partial charge < -0.3 is 14.6 Å². The van der Waals surface area contributed by atoms with Crippen molar-refractivity contribution in [3.8, 4) is 0 Å². The Bertz CT molecular complexity index is 761. The van der Waals surface area contributed by atoms with E-state index in [2.05, 4.69) is 31.3 Å². The molecule has 0 bridgehead atoms. The van der Waals surface area contributed by atoms with E-state index in [0.29, 0.717) is 11.8 Å². The summed E-state index contributed by atoms with van der Waals surface area (Å²) in [5.41, 5.74) is 4.78. The number of likely N-dealkylation sites (tertiary alicyclic amines) is 1. The van der Waals surface area contributed by atoms with Crippen LogP contribution >= 0.6 is 0 Å². The molecule has 2 saturated heterocycles. The highest BCUT2D eigenvalue weighted by Gasteiger charge is 2.38. The fourth-order valence-electron chi connectivity index (χ4n) is 4.25. The third-order valence-corrected chi connectivity index (χ3v) is 6.19. The van der Waals surface area contributed by atoms with Gasteiger partial charge in [0.15, 0.2) is 0 Å². The summed E-state index contributed by atoms with van der Waals surface area (Å²) in [6.45, 7) is 8.21. The van der Waals surface area contributed by atoms with Crippen molar-refractivity contribution in [2.75, 3.05) is 26.2 Å². The molecule has 0 atom stereocenters. The Balaban J connectivity index is 1.46. The molecule has 2 aromatic rings. The van der Waals surface area contributed by atoms with Gasteiger partial charge >= 0.3 is 0 Å². The third-order valence-electron chi connectivity index (χ3n) is 6.19. The van der Waals surface area contributed by atoms with Gasteiger partial charge in [-0.1, -0.05) is 12.1 Å². The molecule has 0 saturated carbocycles. The number of piperidine rings is 1. The molecule has 4 nitrogen and oxygen atoms in total. The number of aryl methyl sites for hydroxylation is 2. The maximum atomic E-state index is 12.7. The number of nitrogens with zero attached hydrogens (tertiary/aromatic N) is 1. The fourth-order valence-corrected chi connectivity index (χ4v) is 4.25. The van der Waals surface area contributed by atoms with Gasteiger partial charge in [-0.25, -0.2) is 0 Å². The summed E-state index contributed by atoms with van der Waals surface area (Å²) in [5.74, 6) is 0.233. The lowest BCUT2D eigenvalue weighted by Gasteiger charge is -2.38. The summed E-state index contributed by atoms with van der Waals surface area (Å²) in [4.78, 5) is 14.8. The quantitative estimate of drug-likeness (QED) is 0.922. The lowest BCUT2D eigenvalue weighted by Crippen LogP contribution is -2.44. The first-order valence-electron chi connectivity index (χ1n) is 9.03. The largest absolute Gasteiger partial charge is 0.464 e. The Kier molecular flexibility index (Phi) is 3.87. The summed E-state index contributed by atoms with van der Waals surface area (Å²) in [5, 5.41) is 4.56. The predicted octanol–water partition coefficient (Wildman–Crippen LogP) is 3.19. The van der Waals surface area contributed by atoms with Gasteiger partial charge in [-0.05, 0) is 56.2 Å². The van der Waals surface area contributed by atoms with Crippen LogP contribution in [0.15, 0.2) is 22.8 Å². The number of hydrogen-bond acceptors (Lipinski definition) is 3. The average molecular weight is 326 g/mol. The van der Waals surface area contributed by atoms with E-state index < -0.39 is 0 Å². The van der Waals surface area contributed by atoms with Crippen LogP contribution in [0.25, 0.3) is 11.0 Å². The molecule has 2 fully saturated rings. The van der Waals surface area contributed by atoms with E-state index in [4.69, 9.17) is 4.42 Å². The zero-order chi connectivity index (χ0) is 16.7. The van der Waals surface area contributed by atoms with Crippen LogP contribution in [0.1, 0.15) is 36.0 Å². The second kappa shape index (κ2) is 5.92. The van der Waals surface area contributed by atoms with Gasteiger partial charge in [0.2, 0.25) is 5.91 Å². The molecule has 1 spiro atoms. The predicted molar refractivity (Wildman–Crippen MR) is 95.1 cm³/mol. The van der Waals surface area contributed by atoms with E-state index in [0.717, 1.165) is 55.6 Å². The molecule has 24 heavy (non-hydrogen) atoms. The second-order valence-corrected chi connectivity index (χ2v) is 7.63. The van der Waals surface area contributed by atoms with Crippen LogP contribution in [0.4, 0.5) is 0 Å². The van der Waals surface area contributed by atoms with Crippen molar-refractivity contribution in [1.29, 1.82) is 0 Å². The normalized spacial score (nSPS) is 20.2. The van der Waals surface area contributed by atoms with Crippen molar-refractivity contribution in [2.45, 2.75) is 39.5 Å². The molecule has 4 heteroatoms. The summed E-state index contributed by atoms with van der Waals surface area (Å²) >= 11 is 0. The van der Waals surface area contributed by atoms with E-state index in [1.54, 1.807) is 6.26 Å². The van der Waals surface area contributed by atoms with Crippen LogP contribution < -0.4 is 5.32 Å². The fraction of sp³-hybridized carbons (Fsp3) is 0.550. The second-order valence-electron chi connectivity index (χ2n) is 7.63. The van der Waals surface area contributed by atoms with Crippen molar-refractivity contribution < 1.29 is 9.21 Å². The number of hydrogen-bond donors (Lipinski definition) is 1. The summed E-state index contributed by atoms with van der Waals surface area (Å²) in [6.07, 6.45) is 5.74. The van der Waals surface area contributed by atoms with E-state index in [9.17, 15) is 4.79 Å². The number of carbonyl (C=O) groups is 1. The standard InChI is InChI=1S/C20H26N2O2/c1-14-3-4-17-16(12-24-19(17)15(14)2)11-18(23)22-9-6-20(7-10-22)5-8-21-13-20/h3-4,12,21H,5-11,13H2,1-2H3. The highest BCUT2D eigenvalue weighted by Crippen LogP contribution is 2.37. The van der Waals surface area contributed by atoms with Gasteiger partial charge in [0.1, 0.15) is 5.58 Å². The molecule has 1 aromatic carbocycles. The Hall–Kier alpha value is -1.81. The maximum Gasteiger partial charge on any atom is 0.227 e. The smallest absolute Gasteiger partial charge is 0.227 e. The minimum atomic E-state index is 0.233. The Morgan fingerprint density at radius 2 is 2.04 bits per heavy atom. The van der Waals surface area contributed by atoms with Crippen molar-refractivity contribution >= 4 is 16.9 Å². The van der Waals surface area contributed by atoms with E-state index in [-0.39, 0.29) is 5.91 Å². The third kappa shape index (κ3) is 2.63. The van der Waals surface area contributed by atoms with E-state index in [1.807, 2.05) is 4.90 Å². The Morgan fingerprint density at radius 3 is 2.75 bits per heavy atom. The topological polar surface area (TPSA) is 45.5 Å². The zero-order valence-corrected chi connectivity index (χ0v) is 14.7. The van der Waals surface area contributed by atoms with Gasteiger partial charge in [-0.15, -0.1) is 0 Å². The number of carbonyl (C=O) groups excluding carboxylic acids is 1. The number of rotatable bonds is 2. The number of nitrogens with one attached hydrogen (secondary N) is 1. The van der Waals surface area contributed by atoms with Gasteiger partial charge in [0.25, 0.3) is 0 Å². The minimum Gasteiger partial charge on any atom is -0.464 e. The number of furan rings is 1. The van der Waals surface area contributed by atoms with E-state index in [1.165, 1.54) is 17.5 Å². The number of benzene rings is 1. The molecule has 3 heterocycles. The highest BCUT2D eigenvalue weighted by molar-refractivity contribution is 5.89. The minimum absolute atomic E-state index is 0.233. The Morgan fingerprint density at radius 1 is 1.25 bits per heavy atom. The summed E-state index contributed by atoms with van der Waals surface area (Å²) in [7, 11) is 0. The Labute approximate surface area is 143 Å². The molecule has 4 rings (SSSR count). The number of fused-ring (bicyclic) bond motifs is 1. The lowest BCUT2D eigenvalue weighted by atomic mass is 9.78. The molecule has 128 valence electrons. The van der Waals surface area contributed by atoms with Crippen molar-refractivity contribution in [3.05, 3.63) is 35.1 Å². The van der Waals surface area contributed by atoms with E-state index >= 15 is 0 Å².